The zero-order valence-corrected chi connectivity index (χ0v) is 16.0. The van der Waals surface area contributed by atoms with E-state index in [2.05, 4.69) is 5.32 Å². The lowest BCUT2D eigenvalue weighted by atomic mass is 10.1. The van der Waals surface area contributed by atoms with Crippen LogP contribution in [-0.4, -0.2) is 24.2 Å². The zero-order chi connectivity index (χ0) is 18.9. The van der Waals surface area contributed by atoms with Gasteiger partial charge in [0.15, 0.2) is 6.10 Å². The van der Waals surface area contributed by atoms with Crippen molar-refractivity contribution < 1.29 is 14.3 Å². The minimum atomic E-state index is -0.850. The Morgan fingerprint density at radius 1 is 1.12 bits per heavy atom. The number of rotatable bonds is 7. The number of hydrogen-bond donors (Lipinski definition) is 1. The van der Waals surface area contributed by atoms with Gasteiger partial charge >= 0.3 is 5.97 Å². The third-order valence-corrected chi connectivity index (χ3v) is 4.52. The minimum Gasteiger partial charge on any atom is -0.449 e. The first kappa shape index (κ1) is 19.8. The van der Waals surface area contributed by atoms with Gasteiger partial charge in [-0.05, 0) is 49.4 Å². The van der Waals surface area contributed by atoms with E-state index in [1.807, 2.05) is 61.7 Å². The molecular weight excluding hydrogens is 346 g/mol. The molecule has 5 heteroatoms. The summed E-state index contributed by atoms with van der Waals surface area (Å²) in [5.74, 6) is -0.867. The second kappa shape index (κ2) is 9.82. The Morgan fingerprint density at radius 3 is 2.38 bits per heavy atom. The first-order valence-corrected chi connectivity index (χ1v) is 9.56. The molecule has 0 saturated heterocycles. The van der Waals surface area contributed by atoms with Gasteiger partial charge in [0.1, 0.15) is 0 Å². The molecule has 0 aliphatic carbocycles. The summed E-state index contributed by atoms with van der Waals surface area (Å²) in [7, 11) is 0. The molecule has 0 heterocycles. The van der Waals surface area contributed by atoms with E-state index in [0.717, 1.165) is 21.6 Å². The van der Waals surface area contributed by atoms with Gasteiger partial charge in [-0.25, -0.2) is 4.79 Å². The Bertz CT molecular complexity index is 767. The van der Waals surface area contributed by atoms with Crippen LogP contribution < -0.4 is 5.32 Å². The highest BCUT2D eigenvalue weighted by molar-refractivity contribution is 7.98. The van der Waals surface area contributed by atoms with E-state index in [4.69, 9.17) is 4.74 Å². The fourth-order valence-electron chi connectivity index (χ4n) is 2.19. The van der Waals surface area contributed by atoms with Gasteiger partial charge in [-0.2, -0.15) is 0 Å². The Balaban J connectivity index is 1.80. The molecule has 2 aromatic rings. The molecule has 0 bridgehead atoms. The number of hydrogen-bond acceptors (Lipinski definition) is 4. The highest BCUT2D eigenvalue weighted by Crippen LogP contribution is 2.15. The van der Waals surface area contributed by atoms with Crippen LogP contribution in [0.3, 0.4) is 0 Å². The average Bonchev–Trinajstić information content (AvgIpc) is 2.66. The monoisotopic (exact) mass is 369 g/mol. The topological polar surface area (TPSA) is 55.4 Å². The zero-order valence-electron chi connectivity index (χ0n) is 15.2. The third-order valence-electron chi connectivity index (χ3n) is 3.78. The van der Waals surface area contributed by atoms with Crippen LogP contribution in [0, 0.1) is 6.92 Å². The largest absolute Gasteiger partial charge is 0.449 e. The number of amides is 1. The van der Waals surface area contributed by atoms with Crippen molar-refractivity contribution in [1.29, 1.82) is 0 Å². The van der Waals surface area contributed by atoms with Crippen molar-refractivity contribution in [3.05, 3.63) is 71.3 Å². The first-order chi connectivity index (χ1) is 12.5. The number of benzene rings is 2. The van der Waals surface area contributed by atoms with Crippen molar-refractivity contribution in [2.75, 3.05) is 6.26 Å². The van der Waals surface area contributed by atoms with E-state index < -0.39 is 12.1 Å². The second-order valence-corrected chi connectivity index (χ2v) is 6.77. The Kier molecular flexibility index (Phi) is 7.48. The molecular formula is C21H23NO3S. The van der Waals surface area contributed by atoms with Crippen molar-refractivity contribution in [3.63, 3.8) is 0 Å². The minimum absolute atomic E-state index is 0.323. The Hall–Kier alpha value is -2.53. The summed E-state index contributed by atoms with van der Waals surface area (Å²) in [5, 5.41) is 2.77. The SMILES string of the molecule is CSc1ccc(/C=C/C(=O)O[C@H](C)C(=O)NCc2ccc(C)cc2)cc1. The summed E-state index contributed by atoms with van der Waals surface area (Å²) in [5.41, 5.74) is 3.06. The van der Waals surface area contributed by atoms with Crippen LogP contribution in [-0.2, 0) is 20.9 Å². The Labute approximate surface area is 158 Å². The van der Waals surface area contributed by atoms with E-state index in [-0.39, 0.29) is 5.91 Å². The van der Waals surface area contributed by atoms with Gasteiger partial charge in [0.05, 0.1) is 0 Å². The summed E-state index contributed by atoms with van der Waals surface area (Å²) in [6.07, 6.45) is 4.16. The lowest BCUT2D eigenvalue weighted by molar-refractivity contribution is -0.150. The highest BCUT2D eigenvalue weighted by atomic mass is 32.2. The lowest BCUT2D eigenvalue weighted by Gasteiger charge is -2.12. The van der Waals surface area contributed by atoms with Crippen molar-refractivity contribution >= 4 is 29.7 Å². The normalized spacial score (nSPS) is 12.0. The maximum Gasteiger partial charge on any atom is 0.331 e. The van der Waals surface area contributed by atoms with Gasteiger partial charge in [-0.15, -0.1) is 11.8 Å². The summed E-state index contributed by atoms with van der Waals surface area (Å²) >= 11 is 1.66. The number of carbonyl (C=O) groups is 2. The predicted molar refractivity (Wildman–Crippen MR) is 106 cm³/mol. The molecule has 136 valence electrons. The quantitative estimate of drug-likeness (QED) is 0.456. The molecule has 2 rings (SSSR count). The van der Waals surface area contributed by atoms with Crippen LogP contribution in [0.4, 0.5) is 0 Å². The number of aryl methyl sites for hydroxylation is 1. The number of thioether (sulfide) groups is 1. The van der Waals surface area contributed by atoms with Crippen LogP contribution in [0.5, 0.6) is 0 Å². The van der Waals surface area contributed by atoms with E-state index in [0.29, 0.717) is 6.54 Å². The molecule has 0 fully saturated rings. The highest BCUT2D eigenvalue weighted by Gasteiger charge is 2.16. The fraction of sp³-hybridized carbons (Fsp3) is 0.238. The van der Waals surface area contributed by atoms with E-state index in [1.165, 1.54) is 6.08 Å². The van der Waals surface area contributed by atoms with Crippen LogP contribution in [0.2, 0.25) is 0 Å². The van der Waals surface area contributed by atoms with E-state index >= 15 is 0 Å². The fourth-order valence-corrected chi connectivity index (χ4v) is 2.59. The summed E-state index contributed by atoms with van der Waals surface area (Å²) in [4.78, 5) is 25.1. The number of nitrogens with one attached hydrogen (secondary N) is 1. The maximum absolute atomic E-state index is 12.0. The molecule has 1 amide bonds. The summed E-state index contributed by atoms with van der Waals surface area (Å²) in [6.45, 7) is 3.97. The predicted octanol–water partition coefficient (Wildman–Crippen LogP) is 3.98. The van der Waals surface area contributed by atoms with Crippen LogP contribution in [0.1, 0.15) is 23.6 Å². The van der Waals surface area contributed by atoms with E-state index in [1.54, 1.807) is 24.8 Å². The lowest BCUT2D eigenvalue weighted by Crippen LogP contribution is -2.35. The van der Waals surface area contributed by atoms with Gasteiger partial charge in [0.25, 0.3) is 5.91 Å². The average molecular weight is 369 g/mol. The molecule has 0 saturated carbocycles. The summed E-state index contributed by atoms with van der Waals surface area (Å²) < 4.78 is 5.14. The molecule has 0 unspecified atom stereocenters. The molecule has 4 nitrogen and oxygen atoms in total. The van der Waals surface area contributed by atoms with Gasteiger partial charge < -0.3 is 10.1 Å². The number of esters is 1. The molecule has 0 aromatic heterocycles. The van der Waals surface area contributed by atoms with Crippen LogP contribution in [0.15, 0.2) is 59.5 Å². The molecule has 0 aliphatic rings. The third kappa shape index (κ3) is 6.41. The molecule has 26 heavy (non-hydrogen) atoms. The number of carbonyl (C=O) groups excluding carboxylic acids is 2. The van der Waals surface area contributed by atoms with Crippen molar-refractivity contribution in [2.45, 2.75) is 31.4 Å². The van der Waals surface area contributed by atoms with Crippen LogP contribution >= 0.6 is 11.8 Å². The van der Waals surface area contributed by atoms with Gasteiger partial charge in [-0.1, -0.05) is 42.0 Å². The Morgan fingerprint density at radius 2 is 1.77 bits per heavy atom. The molecule has 0 radical (unpaired) electrons. The standard InChI is InChI=1S/C21H23NO3S/c1-15-4-6-18(7-5-15)14-22-21(24)16(2)25-20(23)13-10-17-8-11-19(26-3)12-9-17/h4-13,16H,14H2,1-3H3,(H,22,24)/b13-10+/t16-/m1/s1. The second-order valence-electron chi connectivity index (χ2n) is 5.89. The first-order valence-electron chi connectivity index (χ1n) is 8.34. The van der Waals surface area contributed by atoms with Crippen LogP contribution in [0.25, 0.3) is 6.08 Å². The van der Waals surface area contributed by atoms with Crippen molar-refractivity contribution in [3.8, 4) is 0 Å². The maximum atomic E-state index is 12.0. The summed E-state index contributed by atoms with van der Waals surface area (Å²) in [6, 6.07) is 15.7. The van der Waals surface area contributed by atoms with Crippen molar-refractivity contribution in [1.82, 2.24) is 5.32 Å². The van der Waals surface area contributed by atoms with Gasteiger partial charge in [0.2, 0.25) is 0 Å². The molecule has 1 atom stereocenters. The van der Waals surface area contributed by atoms with Gasteiger partial charge in [-0.3, -0.25) is 4.79 Å². The smallest absolute Gasteiger partial charge is 0.331 e. The molecule has 0 spiro atoms. The molecule has 2 aromatic carbocycles. The molecule has 0 aliphatic heterocycles. The van der Waals surface area contributed by atoms with Gasteiger partial charge in [0, 0.05) is 17.5 Å². The van der Waals surface area contributed by atoms with Crippen molar-refractivity contribution in [2.24, 2.45) is 0 Å². The van der Waals surface area contributed by atoms with E-state index in [9.17, 15) is 9.59 Å². The molecule has 1 N–H and O–H groups in total. The number of ether oxygens (including phenoxy) is 1.